The molecule has 3 rings (SSSR count). The molecule has 0 fully saturated rings. The van der Waals surface area contributed by atoms with Crippen LogP contribution in [-0.4, -0.2) is 10.9 Å². The Balaban J connectivity index is 1.79. The Morgan fingerprint density at radius 2 is 1.78 bits per heavy atom. The molecule has 0 aliphatic carbocycles. The van der Waals surface area contributed by atoms with Crippen molar-refractivity contribution in [1.82, 2.24) is 4.98 Å². The van der Waals surface area contributed by atoms with Crippen molar-refractivity contribution in [3.05, 3.63) is 58.6 Å². The maximum atomic E-state index is 12.4. The molecule has 1 heterocycles. The van der Waals surface area contributed by atoms with Gasteiger partial charge in [0, 0.05) is 11.3 Å². The van der Waals surface area contributed by atoms with Crippen LogP contribution in [-0.2, 0) is 5.41 Å². The molecule has 3 nitrogen and oxygen atoms in total. The van der Waals surface area contributed by atoms with Crippen molar-refractivity contribution in [1.29, 1.82) is 0 Å². The van der Waals surface area contributed by atoms with Gasteiger partial charge < -0.3 is 5.32 Å². The summed E-state index contributed by atoms with van der Waals surface area (Å²) in [4.78, 5) is 16.8. The number of hydrogen-bond acceptors (Lipinski definition) is 3. The van der Waals surface area contributed by atoms with Crippen LogP contribution in [0, 0.1) is 6.92 Å². The Labute approximate surface area is 140 Å². The van der Waals surface area contributed by atoms with E-state index >= 15 is 0 Å². The van der Waals surface area contributed by atoms with Crippen molar-refractivity contribution < 1.29 is 4.79 Å². The number of nitrogens with one attached hydrogen (secondary N) is 1. The average Bonchev–Trinajstić information content (AvgIpc) is 2.86. The number of amides is 1. The number of carbonyl (C=O) groups is 1. The van der Waals surface area contributed by atoms with Gasteiger partial charge in [0.25, 0.3) is 5.91 Å². The highest BCUT2D eigenvalue weighted by Gasteiger charge is 2.14. The van der Waals surface area contributed by atoms with E-state index in [-0.39, 0.29) is 11.3 Å². The van der Waals surface area contributed by atoms with E-state index in [9.17, 15) is 4.79 Å². The molecule has 118 valence electrons. The minimum Gasteiger partial charge on any atom is -0.322 e. The predicted octanol–water partition coefficient (Wildman–Crippen LogP) is 5.15. The minimum atomic E-state index is -0.0916. The van der Waals surface area contributed by atoms with Crippen molar-refractivity contribution in [2.45, 2.75) is 33.1 Å². The first-order chi connectivity index (χ1) is 10.8. The Kier molecular flexibility index (Phi) is 3.94. The van der Waals surface area contributed by atoms with E-state index in [0.29, 0.717) is 5.56 Å². The third-order valence-electron chi connectivity index (χ3n) is 3.77. The van der Waals surface area contributed by atoms with Gasteiger partial charge in [-0.15, -0.1) is 11.3 Å². The second kappa shape index (κ2) is 5.78. The van der Waals surface area contributed by atoms with Crippen LogP contribution in [0.15, 0.2) is 42.5 Å². The Hall–Kier alpha value is -2.20. The maximum Gasteiger partial charge on any atom is 0.255 e. The predicted molar refractivity (Wildman–Crippen MR) is 97.5 cm³/mol. The summed E-state index contributed by atoms with van der Waals surface area (Å²) in [6.07, 6.45) is 0. The molecule has 0 bridgehead atoms. The van der Waals surface area contributed by atoms with E-state index in [2.05, 4.69) is 31.1 Å². The zero-order valence-corrected chi connectivity index (χ0v) is 14.6. The molecule has 0 radical (unpaired) electrons. The van der Waals surface area contributed by atoms with Gasteiger partial charge >= 0.3 is 0 Å². The zero-order chi connectivity index (χ0) is 16.6. The van der Waals surface area contributed by atoms with Crippen molar-refractivity contribution in [3.63, 3.8) is 0 Å². The van der Waals surface area contributed by atoms with Gasteiger partial charge in [0.1, 0.15) is 0 Å². The summed E-state index contributed by atoms with van der Waals surface area (Å²) in [6, 6.07) is 13.6. The number of fused-ring (bicyclic) bond motifs is 1. The normalized spacial score (nSPS) is 11.7. The molecule has 0 unspecified atom stereocenters. The zero-order valence-electron chi connectivity index (χ0n) is 13.8. The lowest BCUT2D eigenvalue weighted by Crippen LogP contribution is -2.14. The molecule has 0 saturated carbocycles. The number of hydrogen-bond donors (Lipinski definition) is 1. The van der Waals surface area contributed by atoms with Crippen LogP contribution in [0.5, 0.6) is 0 Å². The standard InChI is InChI=1S/C19H20N2OS/c1-12-20-16-10-9-15(11-17(16)23-12)21-18(22)13-5-7-14(8-6-13)19(2,3)4/h5-11H,1-4H3,(H,21,22). The number of nitrogens with zero attached hydrogens (tertiary/aromatic N) is 1. The van der Waals surface area contributed by atoms with E-state index in [1.165, 1.54) is 5.56 Å². The first-order valence-corrected chi connectivity index (χ1v) is 8.44. The average molecular weight is 324 g/mol. The molecule has 2 aromatic carbocycles. The van der Waals surface area contributed by atoms with Gasteiger partial charge in [-0.25, -0.2) is 4.98 Å². The summed E-state index contributed by atoms with van der Waals surface area (Å²) >= 11 is 1.63. The van der Waals surface area contributed by atoms with Crippen LogP contribution >= 0.6 is 11.3 Å². The number of rotatable bonds is 2. The fourth-order valence-electron chi connectivity index (χ4n) is 2.44. The third-order valence-corrected chi connectivity index (χ3v) is 4.70. The molecule has 0 saturated heterocycles. The van der Waals surface area contributed by atoms with Gasteiger partial charge in [-0.3, -0.25) is 4.79 Å². The van der Waals surface area contributed by atoms with Crippen molar-refractivity contribution >= 4 is 33.1 Å². The summed E-state index contributed by atoms with van der Waals surface area (Å²) < 4.78 is 1.09. The lowest BCUT2D eigenvalue weighted by Gasteiger charge is -2.19. The first-order valence-electron chi connectivity index (χ1n) is 7.62. The summed E-state index contributed by atoms with van der Waals surface area (Å²) in [5, 5.41) is 3.99. The molecule has 4 heteroatoms. The molecular formula is C19H20N2OS. The minimum absolute atomic E-state index is 0.0874. The Bertz CT molecular complexity index is 857. The number of anilines is 1. The van der Waals surface area contributed by atoms with E-state index in [1.807, 2.05) is 49.4 Å². The summed E-state index contributed by atoms with van der Waals surface area (Å²) in [5.74, 6) is -0.0916. The lowest BCUT2D eigenvalue weighted by molar-refractivity contribution is 0.102. The summed E-state index contributed by atoms with van der Waals surface area (Å²) in [5.41, 5.74) is 3.74. The fraction of sp³-hybridized carbons (Fsp3) is 0.263. The molecule has 1 N–H and O–H groups in total. The largest absolute Gasteiger partial charge is 0.322 e. The van der Waals surface area contributed by atoms with Gasteiger partial charge in [-0.1, -0.05) is 32.9 Å². The van der Waals surface area contributed by atoms with E-state index in [0.717, 1.165) is 20.9 Å². The molecule has 0 spiro atoms. The van der Waals surface area contributed by atoms with E-state index in [1.54, 1.807) is 11.3 Å². The molecular weight excluding hydrogens is 304 g/mol. The second-order valence-corrected chi connectivity index (χ2v) is 7.93. The second-order valence-electron chi connectivity index (χ2n) is 6.70. The topological polar surface area (TPSA) is 42.0 Å². The van der Waals surface area contributed by atoms with Crippen LogP contribution in [0.2, 0.25) is 0 Å². The van der Waals surface area contributed by atoms with Crippen molar-refractivity contribution in [3.8, 4) is 0 Å². The van der Waals surface area contributed by atoms with Gasteiger partial charge in [-0.05, 0) is 48.2 Å². The lowest BCUT2D eigenvalue weighted by atomic mass is 9.87. The number of aryl methyl sites for hydroxylation is 1. The highest BCUT2D eigenvalue weighted by atomic mass is 32.1. The SMILES string of the molecule is Cc1nc2ccc(NC(=O)c3ccc(C(C)(C)C)cc3)cc2s1. The van der Waals surface area contributed by atoms with Crippen LogP contribution in [0.3, 0.4) is 0 Å². The quantitative estimate of drug-likeness (QED) is 0.708. The summed E-state index contributed by atoms with van der Waals surface area (Å²) in [6.45, 7) is 8.47. The molecule has 1 aromatic heterocycles. The molecule has 23 heavy (non-hydrogen) atoms. The smallest absolute Gasteiger partial charge is 0.255 e. The van der Waals surface area contributed by atoms with E-state index in [4.69, 9.17) is 0 Å². The maximum absolute atomic E-state index is 12.4. The van der Waals surface area contributed by atoms with Gasteiger partial charge in [0.2, 0.25) is 0 Å². The molecule has 3 aromatic rings. The molecule has 0 aliphatic heterocycles. The fourth-order valence-corrected chi connectivity index (χ4v) is 3.31. The number of aromatic nitrogens is 1. The Morgan fingerprint density at radius 1 is 1.09 bits per heavy atom. The third kappa shape index (κ3) is 3.42. The van der Waals surface area contributed by atoms with E-state index < -0.39 is 0 Å². The first kappa shape index (κ1) is 15.7. The van der Waals surface area contributed by atoms with Gasteiger partial charge in [0.05, 0.1) is 15.2 Å². The number of carbonyl (C=O) groups excluding carboxylic acids is 1. The highest BCUT2D eigenvalue weighted by Crippen LogP contribution is 2.25. The van der Waals surface area contributed by atoms with Crippen LogP contribution < -0.4 is 5.32 Å². The van der Waals surface area contributed by atoms with Crippen LogP contribution in [0.25, 0.3) is 10.2 Å². The molecule has 0 atom stereocenters. The summed E-state index contributed by atoms with van der Waals surface area (Å²) in [7, 11) is 0. The monoisotopic (exact) mass is 324 g/mol. The Morgan fingerprint density at radius 3 is 2.43 bits per heavy atom. The molecule has 0 aliphatic rings. The van der Waals surface area contributed by atoms with Gasteiger partial charge in [-0.2, -0.15) is 0 Å². The van der Waals surface area contributed by atoms with Gasteiger partial charge in [0.15, 0.2) is 0 Å². The van der Waals surface area contributed by atoms with Crippen LogP contribution in [0.1, 0.15) is 41.7 Å². The van der Waals surface area contributed by atoms with Crippen molar-refractivity contribution in [2.75, 3.05) is 5.32 Å². The number of thiazole rings is 1. The molecule has 1 amide bonds. The number of benzene rings is 2. The van der Waals surface area contributed by atoms with Crippen LogP contribution in [0.4, 0.5) is 5.69 Å². The highest BCUT2D eigenvalue weighted by molar-refractivity contribution is 7.18. The van der Waals surface area contributed by atoms with Crippen molar-refractivity contribution in [2.24, 2.45) is 0 Å².